The molecule has 3 nitrogen and oxygen atoms in total. The van der Waals surface area contributed by atoms with E-state index in [-0.39, 0.29) is 0 Å². The Bertz CT molecular complexity index is 203. The van der Waals surface area contributed by atoms with E-state index in [1.807, 2.05) is 14.1 Å². The Labute approximate surface area is 94.0 Å². The molecule has 0 unspecified atom stereocenters. The fraction of sp³-hybridized carbons (Fsp3) is 0.917. The molecule has 1 rings (SSSR count). The van der Waals surface area contributed by atoms with Crippen LogP contribution in [0.25, 0.3) is 0 Å². The molecule has 1 fully saturated rings. The van der Waals surface area contributed by atoms with E-state index in [1.165, 1.54) is 25.7 Å². The van der Waals surface area contributed by atoms with Gasteiger partial charge in [-0.3, -0.25) is 4.99 Å². The van der Waals surface area contributed by atoms with Crippen molar-refractivity contribution in [2.24, 2.45) is 10.9 Å². The molecule has 1 aliphatic carbocycles. The summed E-state index contributed by atoms with van der Waals surface area (Å²) >= 11 is 0. The van der Waals surface area contributed by atoms with Crippen molar-refractivity contribution in [3.8, 4) is 0 Å². The number of nitrogens with zero attached hydrogens (tertiary/aromatic N) is 2. The van der Waals surface area contributed by atoms with Crippen molar-refractivity contribution in [2.75, 3.05) is 20.6 Å². The van der Waals surface area contributed by atoms with E-state index >= 15 is 0 Å². The number of nitrogens with one attached hydrogen (secondary N) is 1. The van der Waals surface area contributed by atoms with E-state index in [1.54, 1.807) is 0 Å². The van der Waals surface area contributed by atoms with Crippen LogP contribution in [-0.2, 0) is 0 Å². The highest BCUT2D eigenvalue weighted by atomic mass is 15.3. The highest BCUT2D eigenvalue weighted by molar-refractivity contribution is 5.79. The van der Waals surface area contributed by atoms with Crippen LogP contribution in [0.4, 0.5) is 0 Å². The highest BCUT2D eigenvalue weighted by Gasteiger charge is 2.19. The fourth-order valence-corrected chi connectivity index (χ4v) is 2.05. The largest absolute Gasteiger partial charge is 0.354 e. The third-order valence-corrected chi connectivity index (χ3v) is 3.08. The van der Waals surface area contributed by atoms with E-state index in [4.69, 9.17) is 0 Å². The molecule has 1 aliphatic rings. The van der Waals surface area contributed by atoms with Gasteiger partial charge in [-0.2, -0.15) is 0 Å². The van der Waals surface area contributed by atoms with Crippen molar-refractivity contribution in [1.29, 1.82) is 0 Å². The topological polar surface area (TPSA) is 27.6 Å². The number of rotatable bonds is 2. The summed E-state index contributed by atoms with van der Waals surface area (Å²) in [4.78, 5) is 6.54. The van der Waals surface area contributed by atoms with Gasteiger partial charge in [0.2, 0.25) is 0 Å². The summed E-state index contributed by atoms with van der Waals surface area (Å²) in [5.41, 5.74) is 0. The van der Waals surface area contributed by atoms with Crippen LogP contribution in [0.2, 0.25) is 0 Å². The van der Waals surface area contributed by atoms with Crippen molar-refractivity contribution in [3.05, 3.63) is 0 Å². The molecule has 0 spiro atoms. The molecule has 15 heavy (non-hydrogen) atoms. The monoisotopic (exact) mass is 211 g/mol. The van der Waals surface area contributed by atoms with Crippen LogP contribution in [0, 0.1) is 5.92 Å². The molecule has 1 N–H and O–H groups in total. The Hall–Kier alpha value is -0.730. The zero-order valence-electron chi connectivity index (χ0n) is 10.6. The molecule has 0 aliphatic heterocycles. The van der Waals surface area contributed by atoms with E-state index in [0.717, 1.165) is 18.4 Å². The summed E-state index contributed by atoms with van der Waals surface area (Å²) in [6, 6.07) is 0.633. The summed E-state index contributed by atoms with van der Waals surface area (Å²) in [5, 5.41) is 3.55. The predicted molar refractivity (Wildman–Crippen MR) is 66.2 cm³/mol. The normalized spacial score (nSPS) is 27.6. The number of hydrogen-bond donors (Lipinski definition) is 1. The first-order valence-electron chi connectivity index (χ1n) is 6.11. The first-order chi connectivity index (χ1) is 7.13. The molecule has 0 atom stereocenters. The van der Waals surface area contributed by atoms with Gasteiger partial charge in [-0.15, -0.1) is 0 Å². The Balaban J connectivity index is 2.41. The van der Waals surface area contributed by atoms with Crippen molar-refractivity contribution >= 4 is 5.96 Å². The van der Waals surface area contributed by atoms with Crippen LogP contribution in [0.3, 0.4) is 0 Å². The van der Waals surface area contributed by atoms with E-state index in [9.17, 15) is 0 Å². The third-order valence-electron chi connectivity index (χ3n) is 3.08. The maximum atomic E-state index is 4.47. The van der Waals surface area contributed by atoms with Crippen molar-refractivity contribution in [1.82, 2.24) is 10.2 Å². The summed E-state index contributed by atoms with van der Waals surface area (Å²) in [6.07, 6.45) is 5.28. The predicted octanol–water partition coefficient (Wildman–Crippen LogP) is 2.09. The van der Waals surface area contributed by atoms with Crippen molar-refractivity contribution in [3.63, 3.8) is 0 Å². The molecule has 0 aromatic heterocycles. The SMILES string of the molecule is CCN=C(NC1CCC(C)CC1)N(C)C. The molecule has 0 aromatic carbocycles. The second kappa shape index (κ2) is 5.99. The lowest BCUT2D eigenvalue weighted by atomic mass is 9.87. The molecule has 3 heteroatoms. The minimum atomic E-state index is 0.633. The first kappa shape index (κ1) is 12.3. The van der Waals surface area contributed by atoms with Gasteiger partial charge in [0, 0.05) is 26.7 Å². The smallest absolute Gasteiger partial charge is 0.193 e. The molecule has 0 saturated heterocycles. The minimum absolute atomic E-state index is 0.633. The molecule has 0 amide bonds. The van der Waals surface area contributed by atoms with Gasteiger partial charge in [0.15, 0.2) is 5.96 Å². The lowest BCUT2D eigenvalue weighted by molar-refractivity contribution is 0.325. The third kappa shape index (κ3) is 4.10. The van der Waals surface area contributed by atoms with Crippen LogP contribution in [-0.4, -0.2) is 37.5 Å². The van der Waals surface area contributed by atoms with E-state index < -0.39 is 0 Å². The Morgan fingerprint density at radius 1 is 1.27 bits per heavy atom. The zero-order valence-corrected chi connectivity index (χ0v) is 10.6. The summed E-state index contributed by atoms with van der Waals surface area (Å²) in [7, 11) is 4.10. The maximum Gasteiger partial charge on any atom is 0.193 e. The first-order valence-corrected chi connectivity index (χ1v) is 6.11. The molecule has 88 valence electrons. The van der Waals surface area contributed by atoms with Gasteiger partial charge in [-0.1, -0.05) is 6.92 Å². The van der Waals surface area contributed by atoms with Crippen LogP contribution in [0.1, 0.15) is 39.5 Å². The van der Waals surface area contributed by atoms with Crippen LogP contribution in [0.5, 0.6) is 0 Å². The number of aliphatic imine (C=N–C) groups is 1. The Morgan fingerprint density at radius 3 is 2.33 bits per heavy atom. The number of guanidine groups is 1. The molecular weight excluding hydrogens is 186 g/mol. The molecule has 1 saturated carbocycles. The quantitative estimate of drug-likeness (QED) is 0.559. The summed E-state index contributed by atoms with van der Waals surface area (Å²) in [5.74, 6) is 1.95. The Kier molecular flexibility index (Phi) is 4.92. The van der Waals surface area contributed by atoms with Gasteiger partial charge in [-0.25, -0.2) is 0 Å². The molecule has 0 heterocycles. The van der Waals surface area contributed by atoms with Crippen LogP contribution >= 0.6 is 0 Å². The standard InChI is InChI=1S/C12H25N3/c1-5-13-12(15(3)4)14-11-8-6-10(2)7-9-11/h10-11H,5-9H2,1-4H3,(H,13,14). The summed E-state index contributed by atoms with van der Waals surface area (Å²) < 4.78 is 0. The molecule has 0 bridgehead atoms. The van der Waals surface area contributed by atoms with Gasteiger partial charge in [-0.05, 0) is 38.5 Å². The van der Waals surface area contributed by atoms with Gasteiger partial charge in [0.1, 0.15) is 0 Å². The second-order valence-corrected chi connectivity index (χ2v) is 4.79. The maximum absolute atomic E-state index is 4.47. The molecule has 0 radical (unpaired) electrons. The van der Waals surface area contributed by atoms with Crippen molar-refractivity contribution < 1.29 is 0 Å². The fourth-order valence-electron chi connectivity index (χ4n) is 2.05. The van der Waals surface area contributed by atoms with Gasteiger partial charge >= 0.3 is 0 Å². The lowest BCUT2D eigenvalue weighted by Crippen LogP contribution is -2.44. The van der Waals surface area contributed by atoms with E-state index in [0.29, 0.717) is 6.04 Å². The Morgan fingerprint density at radius 2 is 1.87 bits per heavy atom. The zero-order chi connectivity index (χ0) is 11.3. The second-order valence-electron chi connectivity index (χ2n) is 4.79. The van der Waals surface area contributed by atoms with Crippen LogP contribution in [0.15, 0.2) is 4.99 Å². The lowest BCUT2D eigenvalue weighted by Gasteiger charge is -2.30. The molecule has 0 aromatic rings. The highest BCUT2D eigenvalue weighted by Crippen LogP contribution is 2.23. The molecular formula is C12H25N3. The minimum Gasteiger partial charge on any atom is -0.354 e. The van der Waals surface area contributed by atoms with Gasteiger partial charge < -0.3 is 10.2 Å². The summed E-state index contributed by atoms with van der Waals surface area (Å²) in [6.45, 7) is 5.28. The van der Waals surface area contributed by atoms with Gasteiger partial charge in [0.25, 0.3) is 0 Å². The number of hydrogen-bond acceptors (Lipinski definition) is 1. The van der Waals surface area contributed by atoms with Gasteiger partial charge in [0.05, 0.1) is 0 Å². The average molecular weight is 211 g/mol. The van der Waals surface area contributed by atoms with E-state index in [2.05, 4.69) is 29.1 Å². The van der Waals surface area contributed by atoms with Crippen LogP contribution < -0.4 is 5.32 Å². The van der Waals surface area contributed by atoms with Crippen molar-refractivity contribution in [2.45, 2.75) is 45.6 Å². The average Bonchev–Trinajstić information content (AvgIpc) is 2.20.